The summed E-state index contributed by atoms with van der Waals surface area (Å²) < 4.78 is 6.69. The summed E-state index contributed by atoms with van der Waals surface area (Å²) in [6.07, 6.45) is 2.38. The second-order valence-electron chi connectivity index (χ2n) is 5.08. The molecule has 100 valence electrons. The third-order valence-electron chi connectivity index (χ3n) is 3.55. The summed E-state index contributed by atoms with van der Waals surface area (Å²) in [5.41, 5.74) is -0.543. The Morgan fingerprint density at radius 1 is 1.39 bits per heavy atom. The Morgan fingerprint density at radius 2 is 2.11 bits per heavy atom. The van der Waals surface area contributed by atoms with Gasteiger partial charge in [0.05, 0.1) is 12.2 Å². The van der Waals surface area contributed by atoms with Crippen molar-refractivity contribution in [1.29, 1.82) is 0 Å². The van der Waals surface area contributed by atoms with Crippen molar-refractivity contribution in [2.75, 3.05) is 26.7 Å². The summed E-state index contributed by atoms with van der Waals surface area (Å²) in [5.74, 6) is 0.848. The number of rotatable bonds is 4. The molecule has 1 fully saturated rings. The molecule has 1 aromatic rings. The lowest BCUT2D eigenvalue weighted by molar-refractivity contribution is -0.0304. The zero-order valence-electron chi connectivity index (χ0n) is 10.7. The number of piperidine rings is 1. The van der Waals surface area contributed by atoms with E-state index in [1.807, 2.05) is 24.3 Å². The zero-order valence-corrected chi connectivity index (χ0v) is 12.3. The maximum Gasteiger partial charge on any atom is 0.120 e. The van der Waals surface area contributed by atoms with Crippen molar-refractivity contribution in [2.45, 2.75) is 24.9 Å². The minimum absolute atomic E-state index is 0.543. The fourth-order valence-corrected chi connectivity index (χ4v) is 2.58. The van der Waals surface area contributed by atoms with Crippen molar-refractivity contribution in [3.63, 3.8) is 0 Å². The highest BCUT2D eigenvalue weighted by molar-refractivity contribution is 9.10. The molecule has 3 nitrogen and oxygen atoms in total. The topological polar surface area (TPSA) is 32.7 Å². The van der Waals surface area contributed by atoms with E-state index in [1.165, 1.54) is 0 Å². The molecule has 0 unspecified atom stereocenters. The Kier molecular flexibility index (Phi) is 4.65. The van der Waals surface area contributed by atoms with Gasteiger partial charge in [-0.2, -0.15) is 0 Å². The van der Waals surface area contributed by atoms with Gasteiger partial charge in [-0.3, -0.25) is 0 Å². The van der Waals surface area contributed by atoms with Crippen LogP contribution >= 0.6 is 15.9 Å². The highest BCUT2D eigenvalue weighted by Gasteiger charge is 2.30. The summed E-state index contributed by atoms with van der Waals surface area (Å²) >= 11 is 3.41. The summed E-state index contributed by atoms with van der Waals surface area (Å²) in [5, 5.41) is 10.4. The minimum atomic E-state index is -0.543. The van der Waals surface area contributed by atoms with E-state index < -0.39 is 5.60 Å². The number of nitrogens with zero attached hydrogens (tertiary/aromatic N) is 1. The van der Waals surface area contributed by atoms with Crippen LogP contribution in [0.4, 0.5) is 0 Å². The molecule has 1 N–H and O–H groups in total. The molecule has 1 heterocycles. The Labute approximate surface area is 117 Å². The molecule has 1 aromatic carbocycles. The lowest BCUT2D eigenvalue weighted by Crippen LogP contribution is -2.43. The predicted molar refractivity (Wildman–Crippen MR) is 75.9 cm³/mol. The Bertz CT molecular complexity index is 389. The van der Waals surface area contributed by atoms with Crippen molar-refractivity contribution in [1.82, 2.24) is 4.90 Å². The zero-order chi connectivity index (χ0) is 13.0. The number of hydrogen-bond donors (Lipinski definition) is 1. The molecule has 0 spiro atoms. The van der Waals surface area contributed by atoms with Crippen molar-refractivity contribution >= 4 is 15.9 Å². The Hall–Kier alpha value is -0.580. The fourth-order valence-electron chi connectivity index (χ4n) is 2.20. The molecule has 18 heavy (non-hydrogen) atoms. The summed E-state index contributed by atoms with van der Waals surface area (Å²) in [6.45, 7) is 2.50. The van der Waals surface area contributed by atoms with Gasteiger partial charge < -0.3 is 14.7 Å². The van der Waals surface area contributed by atoms with Crippen LogP contribution in [0.3, 0.4) is 0 Å². The van der Waals surface area contributed by atoms with Gasteiger partial charge in [-0.25, -0.2) is 0 Å². The van der Waals surface area contributed by atoms with E-state index in [0.29, 0.717) is 13.0 Å². The number of benzene rings is 1. The van der Waals surface area contributed by atoms with Crippen LogP contribution in [0.1, 0.15) is 19.3 Å². The number of halogens is 1. The number of ether oxygens (including phenoxy) is 1. The molecule has 0 amide bonds. The third-order valence-corrected chi connectivity index (χ3v) is 4.04. The van der Waals surface area contributed by atoms with E-state index in [9.17, 15) is 5.11 Å². The number of aliphatic hydroxyl groups is 1. The Balaban J connectivity index is 1.78. The van der Waals surface area contributed by atoms with Crippen LogP contribution in [-0.2, 0) is 0 Å². The van der Waals surface area contributed by atoms with Gasteiger partial charge in [0.15, 0.2) is 0 Å². The van der Waals surface area contributed by atoms with Gasteiger partial charge in [-0.05, 0) is 38.1 Å². The van der Waals surface area contributed by atoms with Crippen LogP contribution < -0.4 is 4.74 Å². The molecule has 1 aliphatic heterocycles. The second kappa shape index (κ2) is 6.04. The molecule has 1 saturated heterocycles. The van der Waals surface area contributed by atoms with Crippen molar-refractivity contribution in [3.8, 4) is 5.75 Å². The van der Waals surface area contributed by atoms with E-state index in [4.69, 9.17) is 4.74 Å². The quantitative estimate of drug-likeness (QED) is 0.927. The van der Waals surface area contributed by atoms with E-state index in [1.54, 1.807) is 0 Å². The largest absolute Gasteiger partial charge is 0.493 e. The monoisotopic (exact) mass is 313 g/mol. The molecule has 0 aliphatic carbocycles. The van der Waals surface area contributed by atoms with Gasteiger partial charge >= 0.3 is 0 Å². The van der Waals surface area contributed by atoms with Gasteiger partial charge in [0.25, 0.3) is 0 Å². The van der Waals surface area contributed by atoms with Gasteiger partial charge in [-0.1, -0.05) is 22.0 Å². The summed E-state index contributed by atoms with van der Waals surface area (Å²) in [6, 6.07) is 7.79. The van der Waals surface area contributed by atoms with Crippen molar-refractivity contribution in [3.05, 3.63) is 28.7 Å². The van der Waals surface area contributed by atoms with E-state index in [0.717, 1.165) is 36.2 Å². The van der Waals surface area contributed by atoms with Crippen LogP contribution in [0.5, 0.6) is 5.75 Å². The average molecular weight is 314 g/mol. The molecule has 2 rings (SSSR count). The maximum atomic E-state index is 10.4. The van der Waals surface area contributed by atoms with Crippen LogP contribution in [0.15, 0.2) is 28.7 Å². The van der Waals surface area contributed by atoms with Crippen LogP contribution in [-0.4, -0.2) is 42.4 Å². The maximum absolute atomic E-state index is 10.4. The predicted octanol–water partition coefficient (Wildman–Crippen LogP) is 2.67. The fraction of sp³-hybridized carbons (Fsp3) is 0.571. The lowest BCUT2D eigenvalue weighted by Gasteiger charge is -2.36. The SMILES string of the molecule is CN1CCC(O)(CCOc2cccc(Br)c2)CC1. The second-order valence-corrected chi connectivity index (χ2v) is 6.00. The molecular weight excluding hydrogens is 294 g/mol. The average Bonchev–Trinajstić information content (AvgIpc) is 2.34. The first-order chi connectivity index (χ1) is 8.57. The number of hydrogen-bond acceptors (Lipinski definition) is 3. The molecule has 1 aliphatic rings. The molecule has 0 atom stereocenters. The van der Waals surface area contributed by atoms with Gasteiger partial charge in [0, 0.05) is 24.0 Å². The highest BCUT2D eigenvalue weighted by Crippen LogP contribution is 2.25. The van der Waals surface area contributed by atoms with E-state index in [2.05, 4.69) is 27.9 Å². The molecule has 0 saturated carbocycles. The van der Waals surface area contributed by atoms with Crippen molar-refractivity contribution < 1.29 is 9.84 Å². The third kappa shape index (κ3) is 3.97. The normalized spacial score (nSPS) is 19.7. The first-order valence-electron chi connectivity index (χ1n) is 6.37. The van der Waals surface area contributed by atoms with Crippen LogP contribution in [0.25, 0.3) is 0 Å². The first kappa shape index (κ1) is 13.8. The smallest absolute Gasteiger partial charge is 0.120 e. The highest BCUT2D eigenvalue weighted by atomic mass is 79.9. The number of likely N-dealkylation sites (tertiary alicyclic amines) is 1. The van der Waals surface area contributed by atoms with Gasteiger partial charge in [0.2, 0.25) is 0 Å². The molecule has 0 bridgehead atoms. The minimum Gasteiger partial charge on any atom is -0.493 e. The van der Waals surface area contributed by atoms with Crippen LogP contribution in [0.2, 0.25) is 0 Å². The summed E-state index contributed by atoms with van der Waals surface area (Å²) in [4.78, 5) is 2.25. The molecule has 0 aromatic heterocycles. The molecule has 0 radical (unpaired) electrons. The van der Waals surface area contributed by atoms with E-state index in [-0.39, 0.29) is 0 Å². The molecule has 4 heteroatoms. The Morgan fingerprint density at radius 3 is 2.78 bits per heavy atom. The lowest BCUT2D eigenvalue weighted by atomic mass is 9.89. The van der Waals surface area contributed by atoms with Crippen molar-refractivity contribution in [2.24, 2.45) is 0 Å². The van der Waals surface area contributed by atoms with Gasteiger partial charge in [0.1, 0.15) is 5.75 Å². The first-order valence-corrected chi connectivity index (χ1v) is 7.16. The van der Waals surface area contributed by atoms with E-state index >= 15 is 0 Å². The standard InChI is InChI=1S/C14H20BrNO2/c1-16-8-5-14(17,6-9-16)7-10-18-13-4-2-3-12(15)11-13/h2-4,11,17H,5-10H2,1H3. The van der Waals surface area contributed by atoms with Gasteiger partial charge in [-0.15, -0.1) is 0 Å². The van der Waals surface area contributed by atoms with Crippen LogP contribution in [0, 0.1) is 0 Å². The summed E-state index contributed by atoms with van der Waals surface area (Å²) in [7, 11) is 2.09. The molecular formula is C14H20BrNO2.